The summed E-state index contributed by atoms with van der Waals surface area (Å²) in [5, 5.41) is 2.99. The molecule has 3 rings (SSSR count). The third kappa shape index (κ3) is 2.90. The first-order chi connectivity index (χ1) is 11.1. The number of carbonyl (C=O) groups excluding carboxylic acids is 1. The molecular weight excluding hydrogens is 290 g/mol. The number of imidazole rings is 1. The standard InChI is InChI=1S/C18H19N3O2/c1-12(17-20-15-6-4-5-7-16(15)21(17)2)19-18(22)13-8-10-14(23-3)11-9-13/h4-12H,1-3H3,(H,19,22). The van der Waals surface area contributed by atoms with Crippen LogP contribution in [0.15, 0.2) is 48.5 Å². The fourth-order valence-electron chi connectivity index (χ4n) is 2.64. The molecule has 0 saturated heterocycles. The van der Waals surface area contributed by atoms with Crippen molar-refractivity contribution in [1.82, 2.24) is 14.9 Å². The van der Waals surface area contributed by atoms with Gasteiger partial charge in [0.15, 0.2) is 0 Å². The van der Waals surface area contributed by atoms with Gasteiger partial charge in [0, 0.05) is 12.6 Å². The van der Waals surface area contributed by atoms with Crippen LogP contribution in [-0.4, -0.2) is 22.6 Å². The third-order valence-electron chi connectivity index (χ3n) is 3.91. The van der Waals surface area contributed by atoms with Gasteiger partial charge < -0.3 is 14.6 Å². The Labute approximate surface area is 134 Å². The zero-order valence-electron chi connectivity index (χ0n) is 13.4. The van der Waals surface area contributed by atoms with Gasteiger partial charge in [0.05, 0.1) is 24.2 Å². The van der Waals surface area contributed by atoms with Gasteiger partial charge in [-0.05, 0) is 43.3 Å². The van der Waals surface area contributed by atoms with E-state index in [1.165, 1.54) is 0 Å². The molecule has 1 amide bonds. The summed E-state index contributed by atoms with van der Waals surface area (Å²) >= 11 is 0. The lowest BCUT2D eigenvalue weighted by Gasteiger charge is -2.14. The highest BCUT2D eigenvalue weighted by Crippen LogP contribution is 2.19. The van der Waals surface area contributed by atoms with Gasteiger partial charge in [-0.1, -0.05) is 12.1 Å². The minimum Gasteiger partial charge on any atom is -0.497 e. The van der Waals surface area contributed by atoms with Gasteiger partial charge >= 0.3 is 0 Å². The Morgan fingerprint density at radius 3 is 2.52 bits per heavy atom. The molecule has 0 aliphatic heterocycles. The number of amides is 1. The van der Waals surface area contributed by atoms with Crippen LogP contribution in [0.2, 0.25) is 0 Å². The molecule has 5 nitrogen and oxygen atoms in total. The molecule has 1 atom stereocenters. The molecule has 23 heavy (non-hydrogen) atoms. The van der Waals surface area contributed by atoms with E-state index in [0.717, 1.165) is 22.6 Å². The average molecular weight is 309 g/mol. The molecule has 0 fully saturated rings. The zero-order valence-corrected chi connectivity index (χ0v) is 13.4. The predicted molar refractivity (Wildman–Crippen MR) is 89.6 cm³/mol. The van der Waals surface area contributed by atoms with Gasteiger partial charge in [-0.2, -0.15) is 0 Å². The van der Waals surface area contributed by atoms with Gasteiger partial charge in [0.2, 0.25) is 0 Å². The summed E-state index contributed by atoms with van der Waals surface area (Å²) < 4.78 is 7.11. The van der Waals surface area contributed by atoms with Crippen LogP contribution in [0.1, 0.15) is 29.1 Å². The normalized spacial score (nSPS) is 12.1. The van der Waals surface area contributed by atoms with Crippen molar-refractivity contribution in [3.63, 3.8) is 0 Å². The highest BCUT2D eigenvalue weighted by Gasteiger charge is 2.17. The minimum absolute atomic E-state index is 0.132. The topological polar surface area (TPSA) is 56.1 Å². The molecule has 0 aliphatic carbocycles. The van der Waals surface area contributed by atoms with Gasteiger partial charge in [-0.25, -0.2) is 4.98 Å². The predicted octanol–water partition coefficient (Wildman–Crippen LogP) is 3.07. The fraction of sp³-hybridized carbons (Fsp3) is 0.222. The first-order valence-corrected chi connectivity index (χ1v) is 7.46. The summed E-state index contributed by atoms with van der Waals surface area (Å²) in [7, 11) is 3.56. The van der Waals surface area contributed by atoms with Crippen LogP contribution >= 0.6 is 0 Å². The second-order valence-electron chi connectivity index (χ2n) is 5.44. The SMILES string of the molecule is COc1ccc(C(=O)NC(C)c2nc3ccccc3n2C)cc1. The fourth-order valence-corrected chi connectivity index (χ4v) is 2.64. The number of para-hydroxylation sites is 2. The Morgan fingerprint density at radius 1 is 1.17 bits per heavy atom. The second-order valence-corrected chi connectivity index (χ2v) is 5.44. The molecule has 0 spiro atoms. The maximum absolute atomic E-state index is 12.4. The molecule has 1 unspecified atom stereocenters. The van der Waals surface area contributed by atoms with Crippen molar-refractivity contribution < 1.29 is 9.53 Å². The lowest BCUT2D eigenvalue weighted by atomic mass is 10.2. The number of ether oxygens (including phenoxy) is 1. The number of nitrogens with one attached hydrogen (secondary N) is 1. The van der Waals surface area contributed by atoms with E-state index in [1.807, 2.05) is 42.8 Å². The quantitative estimate of drug-likeness (QED) is 0.806. The summed E-state index contributed by atoms with van der Waals surface area (Å²) in [6, 6.07) is 14.8. The Kier molecular flexibility index (Phi) is 4.02. The maximum Gasteiger partial charge on any atom is 0.251 e. The van der Waals surface area contributed by atoms with Gasteiger partial charge in [-0.15, -0.1) is 0 Å². The van der Waals surface area contributed by atoms with Crippen molar-refractivity contribution in [2.24, 2.45) is 7.05 Å². The number of aryl methyl sites for hydroxylation is 1. The first-order valence-electron chi connectivity index (χ1n) is 7.46. The third-order valence-corrected chi connectivity index (χ3v) is 3.91. The number of carbonyl (C=O) groups is 1. The summed E-state index contributed by atoms with van der Waals surface area (Å²) in [6.07, 6.45) is 0. The molecule has 5 heteroatoms. The number of methoxy groups -OCH3 is 1. The van der Waals surface area contributed by atoms with E-state index >= 15 is 0 Å². The van der Waals surface area contributed by atoms with E-state index < -0.39 is 0 Å². The number of nitrogens with zero attached hydrogens (tertiary/aromatic N) is 2. The van der Waals surface area contributed by atoms with Crippen molar-refractivity contribution in [2.75, 3.05) is 7.11 Å². The van der Waals surface area contributed by atoms with Crippen molar-refractivity contribution in [3.8, 4) is 5.75 Å². The van der Waals surface area contributed by atoms with Gasteiger partial charge in [-0.3, -0.25) is 4.79 Å². The smallest absolute Gasteiger partial charge is 0.251 e. The summed E-state index contributed by atoms with van der Waals surface area (Å²) in [4.78, 5) is 17.0. The van der Waals surface area contributed by atoms with Gasteiger partial charge in [0.25, 0.3) is 5.91 Å². The zero-order chi connectivity index (χ0) is 16.4. The number of fused-ring (bicyclic) bond motifs is 1. The van der Waals surface area contributed by atoms with Crippen LogP contribution in [0.25, 0.3) is 11.0 Å². The van der Waals surface area contributed by atoms with E-state index in [9.17, 15) is 4.79 Å². The molecule has 0 radical (unpaired) electrons. The molecule has 2 aromatic carbocycles. The molecule has 3 aromatic rings. The van der Waals surface area contributed by atoms with Crippen LogP contribution in [0, 0.1) is 0 Å². The summed E-state index contributed by atoms with van der Waals surface area (Å²) in [6.45, 7) is 1.93. The van der Waals surface area contributed by atoms with Crippen molar-refractivity contribution in [2.45, 2.75) is 13.0 Å². The second kappa shape index (κ2) is 6.12. The average Bonchev–Trinajstić information content (AvgIpc) is 2.92. The van der Waals surface area contributed by atoms with Crippen LogP contribution in [0.5, 0.6) is 5.75 Å². The van der Waals surface area contributed by atoms with Crippen molar-refractivity contribution in [1.29, 1.82) is 0 Å². The highest BCUT2D eigenvalue weighted by atomic mass is 16.5. The van der Waals surface area contributed by atoms with Gasteiger partial charge in [0.1, 0.15) is 11.6 Å². The molecule has 0 aliphatic rings. The molecule has 0 saturated carbocycles. The van der Waals surface area contributed by atoms with E-state index in [4.69, 9.17) is 4.74 Å². The molecular formula is C18H19N3O2. The number of aromatic nitrogens is 2. The van der Waals surface area contributed by atoms with Crippen LogP contribution < -0.4 is 10.1 Å². The highest BCUT2D eigenvalue weighted by molar-refractivity contribution is 5.94. The van der Waals surface area contributed by atoms with E-state index in [1.54, 1.807) is 31.4 Å². The number of hydrogen-bond acceptors (Lipinski definition) is 3. The number of rotatable bonds is 4. The van der Waals surface area contributed by atoms with Crippen molar-refractivity contribution in [3.05, 3.63) is 59.9 Å². The van der Waals surface area contributed by atoms with Crippen LogP contribution in [-0.2, 0) is 7.05 Å². The summed E-state index contributed by atoms with van der Waals surface area (Å²) in [5.41, 5.74) is 2.57. The Hall–Kier alpha value is -2.82. The maximum atomic E-state index is 12.4. The lowest BCUT2D eigenvalue weighted by Crippen LogP contribution is -2.28. The van der Waals surface area contributed by atoms with Crippen molar-refractivity contribution >= 4 is 16.9 Å². The van der Waals surface area contributed by atoms with E-state index in [0.29, 0.717) is 5.56 Å². The van der Waals surface area contributed by atoms with E-state index in [-0.39, 0.29) is 11.9 Å². The monoisotopic (exact) mass is 309 g/mol. The number of hydrogen-bond donors (Lipinski definition) is 1. The molecule has 1 aromatic heterocycles. The van der Waals surface area contributed by atoms with Crippen LogP contribution in [0.4, 0.5) is 0 Å². The Bertz CT molecular complexity index is 837. The lowest BCUT2D eigenvalue weighted by molar-refractivity contribution is 0.0938. The van der Waals surface area contributed by atoms with Crippen LogP contribution in [0.3, 0.4) is 0 Å². The molecule has 1 N–H and O–H groups in total. The summed E-state index contributed by atoms with van der Waals surface area (Å²) in [5.74, 6) is 1.42. The largest absolute Gasteiger partial charge is 0.497 e. The Balaban J connectivity index is 1.80. The first kappa shape index (κ1) is 15.1. The van der Waals surface area contributed by atoms with E-state index in [2.05, 4.69) is 10.3 Å². The number of benzene rings is 2. The molecule has 118 valence electrons. The molecule has 0 bridgehead atoms. The Morgan fingerprint density at radius 2 is 1.87 bits per heavy atom. The molecule has 1 heterocycles. The minimum atomic E-state index is -0.193.